The van der Waals surface area contributed by atoms with Crippen molar-refractivity contribution < 1.29 is 0 Å². The third-order valence-corrected chi connectivity index (χ3v) is 3.02. The minimum atomic E-state index is 0.951. The molecule has 0 aliphatic heterocycles. The molecule has 0 aromatic carbocycles. The number of nitrogens with zero attached hydrogens (tertiary/aromatic N) is 1. The molecule has 0 heterocycles. The Labute approximate surface area is 63.4 Å². The lowest BCUT2D eigenvalue weighted by Crippen LogP contribution is -2.30. The summed E-state index contributed by atoms with van der Waals surface area (Å²) in [6.45, 7) is 0. The zero-order valence-corrected chi connectivity index (χ0v) is 6.84. The monoisotopic (exact) mass is 139 g/mol. The maximum Gasteiger partial charge on any atom is 0.00963 e. The molecule has 0 N–H and O–H groups in total. The Morgan fingerprint density at radius 2 is 1.40 bits per heavy atom. The van der Waals surface area contributed by atoms with Crippen molar-refractivity contribution >= 4 is 0 Å². The van der Waals surface area contributed by atoms with Gasteiger partial charge in [-0.15, -0.1) is 0 Å². The molecule has 1 nitrogen and oxygen atoms in total. The summed E-state index contributed by atoms with van der Waals surface area (Å²) in [4.78, 5) is 2.62. The molecular formula is C9H17N. The Kier molecular flexibility index (Phi) is 1.69. The van der Waals surface area contributed by atoms with E-state index in [9.17, 15) is 0 Å². The molecule has 0 aromatic heterocycles. The van der Waals surface area contributed by atoms with Gasteiger partial charge in [0.05, 0.1) is 0 Å². The van der Waals surface area contributed by atoms with E-state index in [1.165, 1.54) is 38.5 Å². The zero-order chi connectivity index (χ0) is 6.97. The van der Waals surface area contributed by atoms with Crippen LogP contribution in [0.25, 0.3) is 0 Å². The Hall–Kier alpha value is -0.0400. The van der Waals surface area contributed by atoms with Gasteiger partial charge in [-0.25, -0.2) is 0 Å². The highest BCUT2D eigenvalue weighted by molar-refractivity contribution is 4.88. The van der Waals surface area contributed by atoms with E-state index < -0.39 is 0 Å². The van der Waals surface area contributed by atoms with Gasteiger partial charge in [-0.2, -0.15) is 0 Å². The van der Waals surface area contributed by atoms with E-state index in [0.29, 0.717) is 0 Å². The maximum absolute atomic E-state index is 2.62. The number of hydrogen-bond acceptors (Lipinski definition) is 1. The largest absolute Gasteiger partial charge is 0.300 e. The standard InChI is InChI=1S/C9H17N/c1-10(9-6-7-9)8-4-2-3-5-8/h8-9H,2-7H2,1H3. The van der Waals surface area contributed by atoms with Gasteiger partial charge in [0.1, 0.15) is 0 Å². The van der Waals surface area contributed by atoms with Crippen LogP contribution in [0.2, 0.25) is 0 Å². The first-order valence-electron chi connectivity index (χ1n) is 4.60. The summed E-state index contributed by atoms with van der Waals surface area (Å²) in [7, 11) is 2.31. The van der Waals surface area contributed by atoms with Crippen molar-refractivity contribution in [3.63, 3.8) is 0 Å². The predicted molar refractivity (Wildman–Crippen MR) is 43.0 cm³/mol. The lowest BCUT2D eigenvalue weighted by Gasteiger charge is -2.23. The van der Waals surface area contributed by atoms with Gasteiger partial charge in [-0.1, -0.05) is 12.8 Å². The SMILES string of the molecule is CN(C1CCCC1)C1CC1. The molecule has 0 radical (unpaired) electrons. The fraction of sp³-hybridized carbons (Fsp3) is 1.00. The van der Waals surface area contributed by atoms with Crippen molar-refractivity contribution in [2.45, 2.75) is 50.6 Å². The molecule has 1 heteroatoms. The van der Waals surface area contributed by atoms with Crippen molar-refractivity contribution in [3.05, 3.63) is 0 Å². The van der Waals surface area contributed by atoms with Crippen LogP contribution in [0.1, 0.15) is 38.5 Å². The Balaban J connectivity index is 1.84. The summed E-state index contributed by atoms with van der Waals surface area (Å²) in [5.74, 6) is 0. The fourth-order valence-corrected chi connectivity index (χ4v) is 2.09. The normalized spacial score (nSPS) is 28.2. The summed E-state index contributed by atoms with van der Waals surface area (Å²) in [5, 5.41) is 0. The highest BCUT2D eigenvalue weighted by Gasteiger charge is 2.31. The lowest BCUT2D eigenvalue weighted by molar-refractivity contribution is 0.236. The van der Waals surface area contributed by atoms with E-state index in [0.717, 1.165) is 12.1 Å². The molecule has 0 saturated heterocycles. The molecule has 2 aliphatic rings. The van der Waals surface area contributed by atoms with E-state index >= 15 is 0 Å². The zero-order valence-electron chi connectivity index (χ0n) is 6.84. The molecule has 0 spiro atoms. The molecule has 0 atom stereocenters. The van der Waals surface area contributed by atoms with Crippen molar-refractivity contribution in [1.82, 2.24) is 4.90 Å². The van der Waals surface area contributed by atoms with Crippen molar-refractivity contribution in [2.24, 2.45) is 0 Å². The molecule has 10 heavy (non-hydrogen) atoms. The highest BCUT2D eigenvalue weighted by atomic mass is 15.2. The van der Waals surface area contributed by atoms with Crippen LogP contribution in [0.4, 0.5) is 0 Å². The summed E-state index contributed by atoms with van der Waals surface area (Å²) in [6, 6.07) is 1.93. The van der Waals surface area contributed by atoms with Crippen LogP contribution in [0, 0.1) is 0 Å². The summed E-state index contributed by atoms with van der Waals surface area (Å²) in [5.41, 5.74) is 0. The van der Waals surface area contributed by atoms with E-state index in [4.69, 9.17) is 0 Å². The second-order valence-electron chi connectivity index (χ2n) is 3.83. The second kappa shape index (κ2) is 2.54. The van der Waals surface area contributed by atoms with Gasteiger partial charge in [0.2, 0.25) is 0 Å². The molecule has 2 saturated carbocycles. The lowest BCUT2D eigenvalue weighted by atomic mass is 10.2. The number of hydrogen-bond donors (Lipinski definition) is 0. The van der Waals surface area contributed by atoms with Crippen molar-refractivity contribution in [1.29, 1.82) is 0 Å². The summed E-state index contributed by atoms with van der Waals surface area (Å²) >= 11 is 0. The average Bonchev–Trinajstić information content (AvgIpc) is 2.65. The van der Waals surface area contributed by atoms with Crippen LogP contribution in [0.3, 0.4) is 0 Å². The van der Waals surface area contributed by atoms with E-state index in [2.05, 4.69) is 11.9 Å². The van der Waals surface area contributed by atoms with Gasteiger partial charge in [-0.05, 0) is 32.7 Å². The average molecular weight is 139 g/mol. The predicted octanol–water partition coefficient (Wildman–Crippen LogP) is 2.02. The minimum Gasteiger partial charge on any atom is -0.300 e. The molecule has 0 amide bonds. The smallest absolute Gasteiger partial charge is 0.00963 e. The van der Waals surface area contributed by atoms with Crippen LogP contribution in [0.15, 0.2) is 0 Å². The quantitative estimate of drug-likeness (QED) is 0.565. The molecule has 0 aromatic rings. The second-order valence-corrected chi connectivity index (χ2v) is 3.83. The third kappa shape index (κ3) is 1.20. The van der Waals surface area contributed by atoms with Gasteiger partial charge >= 0.3 is 0 Å². The number of rotatable bonds is 2. The van der Waals surface area contributed by atoms with Crippen molar-refractivity contribution in [2.75, 3.05) is 7.05 Å². The van der Waals surface area contributed by atoms with Crippen LogP contribution >= 0.6 is 0 Å². The first-order valence-corrected chi connectivity index (χ1v) is 4.60. The summed E-state index contributed by atoms with van der Waals surface area (Å²) in [6.07, 6.45) is 8.81. The summed E-state index contributed by atoms with van der Waals surface area (Å²) < 4.78 is 0. The van der Waals surface area contributed by atoms with Crippen LogP contribution < -0.4 is 0 Å². The maximum atomic E-state index is 2.62. The van der Waals surface area contributed by atoms with E-state index in [1.807, 2.05) is 0 Å². The molecule has 0 bridgehead atoms. The van der Waals surface area contributed by atoms with Gasteiger partial charge < -0.3 is 4.90 Å². The molecule has 2 rings (SSSR count). The molecule has 2 aliphatic carbocycles. The molecule has 0 unspecified atom stereocenters. The minimum absolute atomic E-state index is 0.951. The van der Waals surface area contributed by atoms with Crippen LogP contribution in [-0.2, 0) is 0 Å². The molecule has 58 valence electrons. The van der Waals surface area contributed by atoms with Crippen molar-refractivity contribution in [3.8, 4) is 0 Å². The Bertz CT molecular complexity index is 112. The van der Waals surface area contributed by atoms with Gasteiger partial charge in [-0.3, -0.25) is 0 Å². The van der Waals surface area contributed by atoms with Crippen LogP contribution in [0.5, 0.6) is 0 Å². The van der Waals surface area contributed by atoms with E-state index in [1.54, 1.807) is 0 Å². The Morgan fingerprint density at radius 1 is 0.900 bits per heavy atom. The van der Waals surface area contributed by atoms with E-state index in [-0.39, 0.29) is 0 Å². The van der Waals surface area contributed by atoms with Gasteiger partial charge in [0, 0.05) is 12.1 Å². The van der Waals surface area contributed by atoms with Crippen LogP contribution in [-0.4, -0.2) is 24.0 Å². The first kappa shape index (κ1) is 6.66. The topological polar surface area (TPSA) is 3.24 Å². The van der Waals surface area contributed by atoms with Gasteiger partial charge in [0.25, 0.3) is 0 Å². The third-order valence-electron chi connectivity index (χ3n) is 3.02. The molecule has 2 fully saturated rings. The first-order chi connectivity index (χ1) is 4.88. The molecular weight excluding hydrogens is 122 g/mol. The highest BCUT2D eigenvalue weighted by Crippen LogP contribution is 2.32. The Morgan fingerprint density at radius 3 is 1.90 bits per heavy atom. The van der Waals surface area contributed by atoms with Gasteiger partial charge in [0.15, 0.2) is 0 Å². The fourth-order valence-electron chi connectivity index (χ4n) is 2.09.